The molecule has 38 heavy (non-hydrogen) atoms. The summed E-state index contributed by atoms with van der Waals surface area (Å²) in [6.45, 7) is 7.69. The van der Waals surface area contributed by atoms with Crippen molar-refractivity contribution in [3.63, 3.8) is 0 Å². The third-order valence-electron chi connectivity index (χ3n) is 5.96. The number of amides is 1. The molecule has 1 saturated heterocycles. The monoisotopic (exact) mass is 534 g/mol. The Morgan fingerprint density at radius 1 is 1.05 bits per heavy atom. The van der Waals surface area contributed by atoms with Crippen LogP contribution in [0.15, 0.2) is 60.0 Å². The molecule has 1 aliphatic rings. The topological polar surface area (TPSA) is 104 Å². The number of para-hydroxylation sites is 1. The van der Waals surface area contributed by atoms with Gasteiger partial charge in [0.05, 0.1) is 60.8 Å². The molecule has 198 valence electrons. The SMILES string of the molecule is CCOc1cc(N2CCOCC2)c(OCC)cc1NC(=O)CSc1ncnc2c1cnn2-c1ccccc1. The molecular formula is C27H30N6O4S. The summed E-state index contributed by atoms with van der Waals surface area (Å²) in [6, 6.07) is 13.6. The van der Waals surface area contributed by atoms with Gasteiger partial charge in [-0.1, -0.05) is 30.0 Å². The van der Waals surface area contributed by atoms with Crippen LogP contribution in [0.4, 0.5) is 11.4 Å². The number of benzene rings is 2. The summed E-state index contributed by atoms with van der Waals surface area (Å²) in [6.07, 6.45) is 3.23. The maximum absolute atomic E-state index is 13.0. The smallest absolute Gasteiger partial charge is 0.234 e. The Morgan fingerprint density at radius 3 is 2.58 bits per heavy atom. The Morgan fingerprint density at radius 2 is 1.82 bits per heavy atom. The van der Waals surface area contributed by atoms with Crippen molar-refractivity contribution in [3.8, 4) is 17.2 Å². The second-order valence-electron chi connectivity index (χ2n) is 8.43. The molecule has 1 fully saturated rings. The average Bonchev–Trinajstić information content (AvgIpc) is 3.39. The first-order valence-electron chi connectivity index (χ1n) is 12.6. The van der Waals surface area contributed by atoms with Crippen molar-refractivity contribution >= 4 is 40.1 Å². The molecule has 10 nitrogen and oxygen atoms in total. The highest BCUT2D eigenvalue weighted by atomic mass is 32.2. The van der Waals surface area contributed by atoms with Crippen LogP contribution in [0.25, 0.3) is 16.7 Å². The largest absolute Gasteiger partial charge is 0.492 e. The Labute approximate surface area is 225 Å². The van der Waals surface area contributed by atoms with Gasteiger partial charge in [-0.25, -0.2) is 14.6 Å². The van der Waals surface area contributed by atoms with Crippen LogP contribution in [0, 0.1) is 0 Å². The fourth-order valence-corrected chi connectivity index (χ4v) is 5.02. The lowest BCUT2D eigenvalue weighted by Crippen LogP contribution is -2.36. The number of carbonyl (C=O) groups is 1. The van der Waals surface area contributed by atoms with E-state index >= 15 is 0 Å². The highest BCUT2D eigenvalue weighted by Crippen LogP contribution is 2.39. The van der Waals surface area contributed by atoms with Crippen LogP contribution in [0.1, 0.15) is 13.8 Å². The zero-order valence-corrected chi connectivity index (χ0v) is 22.2. The van der Waals surface area contributed by atoms with Gasteiger partial charge in [-0.15, -0.1) is 0 Å². The summed E-state index contributed by atoms with van der Waals surface area (Å²) >= 11 is 1.33. The molecule has 1 N–H and O–H groups in total. The lowest BCUT2D eigenvalue weighted by Gasteiger charge is -2.31. The Hall–Kier alpha value is -3.83. The van der Waals surface area contributed by atoms with Gasteiger partial charge >= 0.3 is 0 Å². The summed E-state index contributed by atoms with van der Waals surface area (Å²) in [5.41, 5.74) is 3.10. The first kappa shape index (κ1) is 25.8. The molecule has 0 bridgehead atoms. The quantitative estimate of drug-likeness (QED) is 0.237. The summed E-state index contributed by atoms with van der Waals surface area (Å²) in [5, 5.41) is 8.97. The van der Waals surface area contributed by atoms with E-state index in [1.165, 1.54) is 18.1 Å². The summed E-state index contributed by atoms with van der Waals surface area (Å²) in [4.78, 5) is 24.1. The molecule has 0 unspecified atom stereocenters. The molecule has 0 aliphatic carbocycles. The molecule has 4 aromatic rings. The van der Waals surface area contributed by atoms with Crippen LogP contribution < -0.4 is 19.7 Å². The number of nitrogens with one attached hydrogen (secondary N) is 1. The number of aromatic nitrogens is 4. The molecule has 1 aliphatic heterocycles. The van der Waals surface area contributed by atoms with E-state index in [4.69, 9.17) is 14.2 Å². The third-order valence-corrected chi connectivity index (χ3v) is 6.96. The van der Waals surface area contributed by atoms with Crippen LogP contribution in [0.2, 0.25) is 0 Å². The van der Waals surface area contributed by atoms with Gasteiger partial charge in [0, 0.05) is 25.2 Å². The zero-order chi connectivity index (χ0) is 26.3. The van der Waals surface area contributed by atoms with Crippen molar-refractivity contribution in [1.82, 2.24) is 19.7 Å². The fraction of sp³-hybridized carbons (Fsp3) is 0.333. The Balaban J connectivity index is 1.33. The minimum atomic E-state index is -0.181. The Kier molecular flexibility index (Phi) is 8.25. The molecule has 0 saturated carbocycles. The number of ether oxygens (including phenoxy) is 3. The molecule has 0 radical (unpaired) electrons. The van der Waals surface area contributed by atoms with Crippen LogP contribution in [0.3, 0.4) is 0 Å². The molecule has 2 aromatic carbocycles. The second-order valence-corrected chi connectivity index (χ2v) is 9.39. The second kappa shape index (κ2) is 12.1. The van der Waals surface area contributed by atoms with Gasteiger partial charge in [0.15, 0.2) is 5.65 Å². The van der Waals surface area contributed by atoms with Crippen molar-refractivity contribution in [2.75, 3.05) is 55.5 Å². The molecule has 1 amide bonds. The summed E-state index contributed by atoms with van der Waals surface area (Å²) in [5.74, 6) is 1.28. The maximum atomic E-state index is 13.0. The van der Waals surface area contributed by atoms with Crippen LogP contribution in [-0.2, 0) is 9.53 Å². The van der Waals surface area contributed by atoms with Gasteiger partial charge in [-0.05, 0) is 26.0 Å². The van der Waals surface area contributed by atoms with Gasteiger partial charge in [-0.3, -0.25) is 4.79 Å². The van der Waals surface area contributed by atoms with Crippen molar-refractivity contribution in [3.05, 3.63) is 55.0 Å². The number of hydrogen-bond acceptors (Lipinski definition) is 9. The van der Waals surface area contributed by atoms with Crippen molar-refractivity contribution in [1.29, 1.82) is 0 Å². The number of thioether (sulfide) groups is 1. The zero-order valence-electron chi connectivity index (χ0n) is 21.4. The van der Waals surface area contributed by atoms with E-state index in [0.717, 1.165) is 29.9 Å². The highest BCUT2D eigenvalue weighted by Gasteiger charge is 2.21. The average molecular weight is 535 g/mol. The predicted molar refractivity (Wildman–Crippen MR) is 148 cm³/mol. The number of fused-ring (bicyclic) bond motifs is 1. The molecule has 11 heteroatoms. The normalized spacial score (nSPS) is 13.5. The van der Waals surface area contributed by atoms with Crippen LogP contribution in [-0.4, -0.2) is 70.9 Å². The fourth-order valence-electron chi connectivity index (χ4n) is 4.26. The van der Waals surface area contributed by atoms with E-state index in [1.54, 1.807) is 10.9 Å². The number of hydrogen-bond donors (Lipinski definition) is 1. The first-order valence-corrected chi connectivity index (χ1v) is 13.6. The van der Waals surface area contributed by atoms with Gasteiger partial charge in [0.2, 0.25) is 5.91 Å². The van der Waals surface area contributed by atoms with Crippen LogP contribution in [0.5, 0.6) is 11.5 Å². The van der Waals surface area contributed by atoms with E-state index < -0.39 is 0 Å². The lowest BCUT2D eigenvalue weighted by atomic mass is 10.2. The molecule has 5 rings (SSSR count). The van der Waals surface area contributed by atoms with E-state index in [9.17, 15) is 4.79 Å². The van der Waals surface area contributed by atoms with E-state index in [2.05, 4.69) is 25.3 Å². The van der Waals surface area contributed by atoms with E-state index in [-0.39, 0.29) is 11.7 Å². The minimum absolute atomic E-state index is 0.156. The number of anilines is 2. The predicted octanol–water partition coefficient (Wildman–Crippen LogP) is 4.18. The number of carbonyl (C=O) groups excluding carboxylic acids is 1. The van der Waals surface area contributed by atoms with Gasteiger partial charge < -0.3 is 24.4 Å². The third kappa shape index (κ3) is 5.68. The molecule has 0 spiro atoms. The van der Waals surface area contributed by atoms with Gasteiger partial charge in [-0.2, -0.15) is 5.10 Å². The van der Waals surface area contributed by atoms with Crippen LogP contribution >= 0.6 is 11.8 Å². The molecule has 3 heterocycles. The first-order chi connectivity index (χ1) is 18.7. The van der Waals surface area contributed by atoms with Crippen molar-refractivity contribution < 1.29 is 19.0 Å². The van der Waals surface area contributed by atoms with Crippen molar-refractivity contribution in [2.24, 2.45) is 0 Å². The van der Waals surface area contributed by atoms with Crippen molar-refractivity contribution in [2.45, 2.75) is 18.9 Å². The maximum Gasteiger partial charge on any atom is 0.234 e. The standard InChI is InChI=1S/C27H30N6O4S/c1-3-36-23-15-22(32-10-12-35-13-11-32)24(37-4-2)14-21(23)31-25(34)17-38-27-20-16-30-33(26(20)28-18-29-27)19-8-6-5-7-9-19/h5-9,14-16,18H,3-4,10-13,17H2,1-2H3,(H,31,34). The summed E-state index contributed by atoms with van der Waals surface area (Å²) in [7, 11) is 0. The number of nitrogens with zero attached hydrogens (tertiary/aromatic N) is 5. The van der Waals surface area contributed by atoms with E-state index in [0.29, 0.717) is 54.3 Å². The number of morpholine rings is 1. The minimum Gasteiger partial charge on any atom is -0.492 e. The lowest BCUT2D eigenvalue weighted by molar-refractivity contribution is -0.113. The highest BCUT2D eigenvalue weighted by molar-refractivity contribution is 8.00. The van der Waals surface area contributed by atoms with Gasteiger partial charge in [0.25, 0.3) is 0 Å². The summed E-state index contributed by atoms with van der Waals surface area (Å²) < 4.78 is 19.1. The Bertz CT molecular complexity index is 1390. The molecule has 0 atom stereocenters. The van der Waals surface area contributed by atoms with Gasteiger partial charge in [0.1, 0.15) is 22.9 Å². The molecular weight excluding hydrogens is 504 g/mol. The number of rotatable bonds is 10. The van der Waals surface area contributed by atoms with E-state index in [1.807, 2.05) is 56.3 Å². The molecule has 2 aromatic heterocycles.